The summed E-state index contributed by atoms with van der Waals surface area (Å²) in [5.74, 6) is 0. The molecule has 1 unspecified atom stereocenters. The molecule has 0 saturated carbocycles. The van der Waals surface area contributed by atoms with Crippen LogP contribution in [0.5, 0.6) is 0 Å². The molecule has 0 spiro atoms. The van der Waals surface area contributed by atoms with E-state index in [0.29, 0.717) is 0 Å². The second-order valence-corrected chi connectivity index (χ2v) is 22.8. The SMILES string of the molecule is CC1=[C-]C(C)([Si](c2cc(-c3ccccc3)c(C)cc2-c2ccccc2)(c2cc(-c3ccccc3)c(C)cc2-c2ccccc2)c2cc(-c3ccccc3)c(C)cc2-c2ccccc2)C(C)=C1C.[Cl-].[Cl-].[Cl-].[Ti+4]. The second kappa shape index (κ2) is 22.8. The van der Waals surface area contributed by atoms with Gasteiger partial charge in [0, 0.05) is 0 Å². The summed E-state index contributed by atoms with van der Waals surface area (Å²) in [5, 5.41) is 3.54. The molecule has 1 aliphatic carbocycles. The quantitative estimate of drug-likeness (QED) is 0.0792. The average Bonchev–Trinajstić information content (AvgIpc) is 3.58. The maximum Gasteiger partial charge on any atom is 4.00 e. The van der Waals surface area contributed by atoms with Gasteiger partial charge in [0.25, 0.3) is 0 Å². The molecule has 0 aliphatic heterocycles. The smallest absolute Gasteiger partial charge is 1.00 e. The van der Waals surface area contributed by atoms with Crippen LogP contribution in [0.1, 0.15) is 44.4 Å². The van der Waals surface area contributed by atoms with Crippen LogP contribution in [0.2, 0.25) is 5.04 Å². The molecule has 9 aromatic carbocycles. The van der Waals surface area contributed by atoms with Crippen molar-refractivity contribution in [2.45, 2.75) is 53.5 Å². The first-order chi connectivity index (χ1) is 32.6. The molecule has 1 aliphatic rings. The zero-order chi connectivity index (χ0) is 46.3. The van der Waals surface area contributed by atoms with E-state index in [1.807, 2.05) is 0 Å². The molecule has 10 rings (SSSR count). The number of hydrogen-bond acceptors (Lipinski definition) is 0. The standard InChI is InChI=1S/C66H57Si.3ClH.Ti/c1-45-38-60(54-32-20-11-21-33-54)63(41-57(45)51-26-14-8-15-27-51)67(66(7)44-48(4)49(5)50(66)6,64-42-58(52-28-16-9-17-29-52)46(2)39-61(64)55-34-22-12-23-35-55)65-43-59(53-30-18-10-19-31-53)47(3)40-62(65)56-36-24-13-25-37-56;;;;/h8-43H,1-7H3;3*1H;/q-1;;;;+4/p-3. The third-order valence-electron chi connectivity index (χ3n) is 14.9. The Morgan fingerprint density at radius 2 is 0.549 bits per heavy atom. The maximum atomic E-state index is 4.43. The average molecular weight is 1030 g/mol. The van der Waals surface area contributed by atoms with Crippen LogP contribution >= 0.6 is 0 Å². The molecule has 0 bridgehead atoms. The van der Waals surface area contributed by atoms with Crippen molar-refractivity contribution in [1.29, 1.82) is 0 Å². The van der Waals surface area contributed by atoms with Crippen molar-refractivity contribution in [3.8, 4) is 66.8 Å². The van der Waals surface area contributed by atoms with Gasteiger partial charge in [-0.2, -0.15) is 11.1 Å². The van der Waals surface area contributed by atoms with E-state index in [1.165, 1.54) is 116 Å². The van der Waals surface area contributed by atoms with Crippen molar-refractivity contribution in [1.82, 2.24) is 0 Å². The van der Waals surface area contributed by atoms with Crippen LogP contribution in [0.15, 0.2) is 235 Å². The number of allylic oxidation sites excluding steroid dienone is 4. The fourth-order valence-corrected chi connectivity index (χ4v) is 17.8. The van der Waals surface area contributed by atoms with Crippen molar-refractivity contribution in [3.63, 3.8) is 0 Å². The fraction of sp³-hybridized carbons (Fsp3) is 0.121. The van der Waals surface area contributed by atoms with E-state index < -0.39 is 13.1 Å². The number of benzene rings is 9. The van der Waals surface area contributed by atoms with E-state index in [2.05, 4.69) is 273 Å². The van der Waals surface area contributed by atoms with Crippen molar-refractivity contribution < 1.29 is 58.9 Å². The molecular formula is C66H57Cl3SiTi. The first-order valence-electron chi connectivity index (χ1n) is 23.7. The van der Waals surface area contributed by atoms with E-state index in [9.17, 15) is 0 Å². The van der Waals surface area contributed by atoms with Gasteiger partial charge < -0.3 is 37.2 Å². The van der Waals surface area contributed by atoms with E-state index in [-0.39, 0.29) is 58.9 Å². The molecule has 0 heterocycles. The zero-order valence-electron chi connectivity index (χ0n) is 41.4. The van der Waals surface area contributed by atoms with Crippen molar-refractivity contribution in [2.24, 2.45) is 0 Å². The van der Waals surface area contributed by atoms with Gasteiger partial charge >= 0.3 is 21.7 Å². The molecule has 0 amide bonds. The van der Waals surface area contributed by atoms with Gasteiger partial charge in [0.05, 0.1) is 0 Å². The summed E-state index contributed by atoms with van der Waals surface area (Å²) in [6, 6.07) is 82.2. The molecule has 9 aromatic rings. The van der Waals surface area contributed by atoms with Crippen LogP contribution in [0.4, 0.5) is 0 Å². The summed E-state index contributed by atoms with van der Waals surface area (Å²) in [5.41, 5.74) is 22.5. The topological polar surface area (TPSA) is 0 Å². The van der Waals surface area contributed by atoms with Crippen molar-refractivity contribution >= 4 is 23.6 Å². The monoisotopic (exact) mass is 1030 g/mol. The zero-order valence-corrected chi connectivity index (χ0v) is 46.2. The summed E-state index contributed by atoms with van der Waals surface area (Å²) in [7, 11) is -3.70. The van der Waals surface area contributed by atoms with Crippen LogP contribution in [-0.2, 0) is 21.7 Å². The first kappa shape index (κ1) is 54.6. The van der Waals surface area contributed by atoms with Crippen LogP contribution < -0.4 is 52.8 Å². The van der Waals surface area contributed by atoms with E-state index in [0.717, 1.165) is 0 Å². The van der Waals surface area contributed by atoms with Crippen LogP contribution in [0.25, 0.3) is 66.8 Å². The number of hydrogen-bond donors (Lipinski definition) is 0. The molecule has 71 heavy (non-hydrogen) atoms. The second-order valence-electron chi connectivity index (χ2n) is 18.7. The van der Waals surface area contributed by atoms with Crippen LogP contribution in [0.3, 0.4) is 0 Å². The largest absolute Gasteiger partial charge is 4.00 e. The summed E-state index contributed by atoms with van der Waals surface area (Å²) >= 11 is 0. The van der Waals surface area contributed by atoms with Gasteiger partial charge in [-0.1, -0.05) is 244 Å². The molecular weight excluding hydrogens is 975 g/mol. The van der Waals surface area contributed by atoms with Crippen molar-refractivity contribution in [2.75, 3.05) is 0 Å². The van der Waals surface area contributed by atoms with E-state index >= 15 is 0 Å². The van der Waals surface area contributed by atoms with Gasteiger partial charge in [-0.25, -0.2) is 5.57 Å². The number of halogens is 3. The third-order valence-corrected chi connectivity index (χ3v) is 20.5. The van der Waals surface area contributed by atoms with Crippen LogP contribution in [0, 0.1) is 26.8 Å². The molecule has 0 N–H and O–H groups in total. The molecule has 5 heteroatoms. The molecule has 1 atom stereocenters. The minimum Gasteiger partial charge on any atom is -1.00 e. The summed E-state index contributed by atoms with van der Waals surface area (Å²) in [6.07, 6.45) is 4.43. The van der Waals surface area contributed by atoms with Gasteiger partial charge in [0.2, 0.25) is 0 Å². The first-order valence-corrected chi connectivity index (χ1v) is 25.7. The maximum absolute atomic E-state index is 4.43. The Morgan fingerprint density at radius 1 is 0.324 bits per heavy atom. The minimum atomic E-state index is -3.70. The van der Waals surface area contributed by atoms with E-state index in [1.54, 1.807) is 0 Å². The predicted molar refractivity (Wildman–Crippen MR) is 290 cm³/mol. The number of aryl methyl sites for hydroxylation is 3. The van der Waals surface area contributed by atoms with Gasteiger partial charge in [0.15, 0.2) is 0 Å². The van der Waals surface area contributed by atoms with Crippen LogP contribution in [-0.4, -0.2) is 8.07 Å². The molecule has 0 radical (unpaired) electrons. The summed E-state index contributed by atoms with van der Waals surface area (Å²) in [4.78, 5) is 0. The molecule has 0 saturated heterocycles. The summed E-state index contributed by atoms with van der Waals surface area (Å²) in [6.45, 7) is 16.5. The Kier molecular flexibility index (Phi) is 17.5. The van der Waals surface area contributed by atoms with E-state index in [4.69, 9.17) is 0 Å². The van der Waals surface area contributed by atoms with Crippen molar-refractivity contribution in [3.05, 3.63) is 258 Å². The Hall–Kier alpha value is -5.74. The third kappa shape index (κ3) is 9.70. The Labute approximate surface area is 457 Å². The minimum absolute atomic E-state index is 0. The molecule has 350 valence electrons. The Morgan fingerprint density at radius 3 is 0.761 bits per heavy atom. The van der Waals surface area contributed by atoms with Gasteiger partial charge in [-0.15, -0.1) is 6.92 Å². The fourth-order valence-electron chi connectivity index (χ4n) is 11.2. The molecule has 0 fully saturated rings. The van der Waals surface area contributed by atoms with Gasteiger partial charge in [0.1, 0.15) is 8.07 Å². The predicted octanol–water partition coefficient (Wildman–Crippen LogP) is 6.95. The van der Waals surface area contributed by atoms with Gasteiger partial charge in [-0.05, 0) is 120 Å². The Balaban J connectivity index is 0.00000206. The normalized spacial score (nSPS) is 14.0. The molecule has 0 aromatic heterocycles. The Bertz CT molecular complexity index is 3020. The van der Waals surface area contributed by atoms with Gasteiger partial charge in [-0.3, -0.25) is 6.08 Å². The number of rotatable bonds is 10. The molecule has 0 nitrogen and oxygen atoms in total. The summed E-state index contributed by atoms with van der Waals surface area (Å²) < 4.78 is 0.